The molecule has 0 spiro atoms. The maximum atomic E-state index is 12.2. The van der Waals surface area contributed by atoms with E-state index in [0.29, 0.717) is 25.8 Å². The van der Waals surface area contributed by atoms with Gasteiger partial charge < -0.3 is 25.2 Å². The van der Waals surface area contributed by atoms with Crippen LogP contribution in [-0.4, -0.2) is 48.1 Å². The standard InChI is InChI=1S/C27H34N2O6/c1-27(2,3)35-26(33)29-23(24(30)31)15-5-4-10-16-28-25(32)34-17-22-20-13-8-6-11-18(20)19-12-7-9-14-21(19)22/h6-9,11-14,22-23H,4-5,10,15-17H2,1-3H3,(H,28,32)(H,29,33)(H,30,31)/t23-/m0/s1. The fraction of sp³-hybridized carbons (Fsp3) is 0.444. The Morgan fingerprint density at radius 3 is 2.09 bits per heavy atom. The maximum absolute atomic E-state index is 12.2. The molecule has 8 nitrogen and oxygen atoms in total. The SMILES string of the molecule is CC(C)(C)OC(=O)N[C@@H](CCCCCNC(=O)OCC1c2ccccc2-c2ccccc21)C(=O)O. The molecule has 1 atom stereocenters. The highest BCUT2D eigenvalue weighted by Crippen LogP contribution is 2.44. The van der Waals surface area contributed by atoms with Crippen LogP contribution in [0.15, 0.2) is 48.5 Å². The van der Waals surface area contributed by atoms with Crippen molar-refractivity contribution in [1.82, 2.24) is 10.6 Å². The third kappa shape index (κ3) is 7.47. The summed E-state index contributed by atoms with van der Waals surface area (Å²) in [5.41, 5.74) is 3.98. The van der Waals surface area contributed by atoms with E-state index >= 15 is 0 Å². The minimum absolute atomic E-state index is 0.0126. The van der Waals surface area contributed by atoms with Crippen molar-refractivity contribution in [2.45, 2.75) is 64.0 Å². The Morgan fingerprint density at radius 1 is 0.914 bits per heavy atom. The molecule has 188 valence electrons. The van der Waals surface area contributed by atoms with Crippen molar-refractivity contribution in [3.63, 3.8) is 0 Å². The number of carboxylic acids is 1. The zero-order valence-corrected chi connectivity index (χ0v) is 20.5. The molecule has 8 heteroatoms. The van der Waals surface area contributed by atoms with Gasteiger partial charge in [0, 0.05) is 12.5 Å². The molecule has 3 rings (SSSR count). The molecule has 0 heterocycles. The van der Waals surface area contributed by atoms with E-state index < -0.39 is 29.8 Å². The van der Waals surface area contributed by atoms with Crippen LogP contribution in [0, 0.1) is 0 Å². The molecule has 0 aliphatic heterocycles. The zero-order valence-electron chi connectivity index (χ0n) is 20.5. The third-order valence-corrected chi connectivity index (χ3v) is 5.77. The van der Waals surface area contributed by atoms with Crippen molar-refractivity contribution in [2.75, 3.05) is 13.2 Å². The predicted molar refractivity (Wildman–Crippen MR) is 132 cm³/mol. The van der Waals surface area contributed by atoms with Gasteiger partial charge in [0.05, 0.1) is 0 Å². The summed E-state index contributed by atoms with van der Waals surface area (Å²) in [6, 6.07) is 15.3. The van der Waals surface area contributed by atoms with E-state index in [9.17, 15) is 19.5 Å². The van der Waals surface area contributed by atoms with Gasteiger partial charge in [-0.1, -0.05) is 61.4 Å². The minimum atomic E-state index is -1.10. The van der Waals surface area contributed by atoms with Crippen LogP contribution in [0.3, 0.4) is 0 Å². The van der Waals surface area contributed by atoms with Crippen molar-refractivity contribution in [3.05, 3.63) is 59.7 Å². The topological polar surface area (TPSA) is 114 Å². The molecule has 1 aliphatic rings. The van der Waals surface area contributed by atoms with Crippen molar-refractivity contribution < 1.29 is 29.0 Å². The van der Waals surface area contributed by atoms with Gasteiger partial charge in [-0.15, -0.1) is 0 Å². The fourth-order valence-electron chi connectivity index (χ4n) is 4.20. The summed E-state index contributed by atoms with van der Waals surface area (Å²) in [6.45, 7) is 5.83. The molecule has 0 radical (unpaired) electrons. The van der Waals surface area contributed by atoms with Crippen LogP contribution in [-0.2, 0) is 14.3 Å². The van der Waals surface area contributed by atoms with E-state index in [1.165, 1.54) is 11.1 Å². The molecule has 0 saturated carbocycles. The number of amides is 2. The predicted octanol–water partition coefficient (Wildman–Crippen LogP) is 5.06. The van der Waals surface area contributed by atoms with Gasteiger partial charge in [0.1, 0.15) is 18.2 Å². The second-order valence-electron chi connectivity index (χ2n) is 9.64. The Hall–Kier alpha value is -3.55. The highest BCUT2D eigenvalue weighted by Gasteiger charge is 2.29. The minimum Gasteiger partial charge on any atom is -0.480 e. The Bertz CT molecular complexity index is 1000. The second-order valence-corrected chi connectivity index (χ2v) is 9.64. The van der Waals surface area contributed by atoms with E-state index in [0.717, 1.165) is 11.1 Å². The number of nitrogens with one attached hydrogen (secondary N) is 2. The Balaban J connectivity index is 1.35. The summed E-state index contributed by atoms with van der Waals surface area (Å²) in [4.78, 5) is 35.4. The van der Waals surface area contributed by atoms with Crippen LogP contribution in [0.1, 0.15) is 63.5 Å². The number of hydrogen-bond donors (Lipinski definition) is 3. The molecule has 2 aromatic rings. The molecule has 0 aromatic heterocycles. The van der Waals surface area contributed by atoms with Crippen LogP contribution < -0.4 is 10.6 Å². The zero-order chi connectivity index (χ0) is 25.4. The number of alkyl carbamates (subject to hydrolysis) is 2. The van der Waals surface area contributed by atoms with E-state index in [2.05, 4.69) is 34.9 Å². The first kappa shape index (κ1) is 26.1. The molecule has 0 unspecified atom stereocenters. The Morgan fingerprint density at radius 2 is 1.51 bits per heavy atom. The summed E-state index contributed by atoms with van der Waals surface area (Å²) >= 11 is 0. The summed E-state index contributed by atoms with van der Waals surface area (Å²) < 4.78 is 10.6. The number of fused-ring (bicyclic) bond motifs is 3. The van der Waals surface area contributed by atoms with Gasteiger partial charge in [0.2, 0.25) is 0 Å². The molecular formula is C27H34N2O6. The molecule has 3 N–H and O–H groups in total. The summed E-state index contributed by atoms with van der Waals surface area (Å²) in [7, 11) is 0. The second kappa shape index (κ2) is 11.7. The number of unbranched alkanes of at least 4 members (excludes halogenated alkanes) is 2. The lowest BCUT2D eigenvalue weighted by Crippen LogP contribution is -2.43. The van der Waals surface area contributed by atoms with Crippen LogP contribution in [0.4, 0.5) is 9.59 Å². The van der Waals surface area contributed by atoms with Crippen LogP contribution in [0.5, 0.6) is 0 Å². The lowest BCUT2D eigenvalue weighted by molar-refractivity contribution is -0.139. The van der Waals surface area contributed by atoms with E-state index in [-0.39, 0.29) is 18.9 Å². The third-order valence-electron chi connectivity index (χ3n) is 5.77. The lowest BCUT2D eigenvalue weighted by Gasteiger charge is -2.22. The number of carboxylic acid groups (broad SMARTS) is 1. The van der Waals surface area contributed by atoms with Crippen molar-refractivity contribution in [3.8, 4) is 11.1 Å². The van der Waals surface area contributed by atoms with E-state index in [4.69, 9.17) is 9.47 Å². The average molecular weight is 483 g/mol. The molecule has 35 heavy (non-hydrogen) atoms. The van der Waals surface area contributed by atoms with Gasteiger partial charge in [0.25, 0.3) is 0 Å². The van der Waals surface area contributed by atoms with Crippen molar-refractivity contribution in [1.29, 1.82) is 0 Å². The average Bonchev–Trinajstić information content (AvgIpc) is 3.11. The summed E-state index contributed by atoms with van der Waals surface area (Å²) in [5, 5.41) is 14.5. The number of carbonyl (C=O) groups is 3. The number of hydrogen-bond acceptors (Lipinski definition) is 5. The molecular weight excluding hydrogens is 448 g/mol. The normalized spacial score (nSPS) is 13.3. The van der Waals surface area contributed by atoms with Gasteiger partial charge in [-0.3, -0.25) is 0 Å². The number of carbonyl (C=O) groups excluding carboxylic acids is 2. The molecule has 2 amide bonds. The van der Waals surface area contributed by atoms with Crippen LogP contribution in [0.2, 0.25) is 0 Å². The Kier molecular flexibility index (Phi) is 8.73. The van der Waals surface area contributed by atoms with E-state index in [1.807, 2.05) is 24.3 Å². The van der Waals surface area contributed by atoms with Gasteiger partial charge in [-0.2, -0.15) is 0 Å². The fourth-order valence-corrected chi connectivity index (χ4v) is 4.20. The smallest absolute Gasteiger partial charge is 0.408 e. The Labute approximate surface area is 206 Å². The molecule has 0 bridgehead atoms. The number of benzene rings is 2. The molecule has 1 aliphatic carbocycles. The molecule has 0 saturated heterocycles. The lowest BCUT2D eigenvalue weighted by atomic mass is 9.98. The van der Waals surface area contributed by atoms with E-state index in [1.54, 1.807) is 20.8 Å². The highest BCUT2D eigenvalue weighted by molar-refractivity contribution is 5.80. The number of rotatable bonds is 10. The first-order valence-corrected chi connectivity index (χ1v) is 12.0. The summed E-state index contributed by atoms with van der Waals surface area (Å²) in [6.07, 6.45) is 1.01. The van der Waals surface area contributed by atoms with Gasteiger partial charge in [-0.25, -0.2) is 14.4 Å². The largest absolute Gasteiger partial charge is 0.480 e. The quantitative estimate of drug-likeness (QED) is 0.408. The van der Waals surface area contributed by atoms with Gasteiger partial charge in [-0.05, 0) is 55.9 Å². The van der Waals surface area contributed by atoms with Gasteiger partial charge >= 0.3 is 18.2 Å². The maximum Gasteiger partial charge on any atom is 0.408 e. The van der Waals surface area contributed by atoms with Crippen molar-refractivity contribution in [2.24, 2.45) is 0 Å². The first-order chi connectivity index (χ1) is 16.7. The molecule has 0 fully saturated rings. The first-order valence-electron chi connectivity index (χ1n) is 12.0. The van der Waals surface area contributed by atoms with Crippen LogP contribution >= 0.6 is 0 Å². The molecule has 2 aromatic carbocycles. The van der Waals surface area contributed by atoms with Crippen molar-refractivity contribution >= 4 is 18.2 Å². The van der Waals surface area contributed by atoms with Gasteiger partial charge in [0.15, 0.2) is 0 Å². The number of ether oxygens (including phenoxy) is 2. The highest BCUT2D eigenvalue weighted by atomic mass is 16.6. The van der Waals surface area contributed by atoms with Crippen LogP contribution in [0.25, 0.3) is 11.1 Å². The summed E-state index contributed by atoms with van der Waals surface area (Å²) in [5.74, 6) is -1.09. The monoisotopic (exact) mass is 482 g/mol. The number of aliphatic carboxylic acids is 1.